The Labute approximate surface area is 125 Å². The van der Waals surface area contributed by atoms with Crippen LogP contribution in [-0.2, 0) is 0 Å². The highest BCUT2D eigenvalue weighted by Crippen LogP contribution is 2.13. The molecule has 0 bridgehead atoms. The Kier molecular flexibility index (Phi) is 5.31. The summed E-state index contributed by atoms with van der Waals surface area (Å²) in [5.74, 6) is -0.463. The lowest BCUT2D eigenvalue weighted by atomic mass is 10.1. The number of aliphatic hydroxyl groups is 1. The molecular weight excluding hydrogens is 271 g/mol. The molecule has 0 unspecified atom stereocenters. The molecule has 1 aliphatic rings. The van der Waals surface area contributed by atoms with Crippen LogP contribution in [0.5, 0.6) is 0 Å². The molecule has 1 atom stereocenters. The zero-order chi connectivity index (χ0) is 15.4. The molecule has 1 aromatic rings. The normalized spacial score (nSPS) is 17.8. The van der Waals surface area contributed by atoms with Gasteiger partial charge in [-0.3, -0.25) is 9.69 Å². The Morgan fingerprint density at radius 2 is 2.00 bits per heavy atom. The van der Waals surface area contributed by atoms with Gasteiger partial charge in [0, 0.05) is 38.3 Å². The van der Waals surface area contributed by atoms with E-state index in [1.54, 1.807) is 24.0 Å². The lowest BCUT2D eigenvalue weighted by Crippen LogP contribution is -2.50. The molecule has 4 nitrogen and oxygen atoms in total. The molecule has 21 heavy (non-hydrogen) atoms. The summed E-state index contributed by atoms with van der Waals surface area (Å²) in [5, 5.41) is 9.66. The average molecular weight is 294 g/mol. The van der Waals surface area contributed by atoms with E-state index in [4.69, 9.17) is 0 Å². The monoisotopic (exact) mass is 294 g/mol. The molecule has 1 saturated heterocycles. The van der Waals surface area contributed by atoms with Crippen LogP contribution >= 0.6 is 0 Å². The van der Waals surface area contributed by atoms with Gasteiger partial charge in [0.1, 0.15) is 5.82 Å². The number of hydrogen-bond acceptors (Lipinski definition) is 3. The van der Waals surface area contributed by atoms with Crippen LogP contribution in [0.3, 0.4) is 0 Å². The van der Waals surface area contributed by atoms with Crippen LogP contribution < -0.4 is 0 Å². The smallest absolute Gasteiger partial charge is 0.254 e. The van der Waals surface area contributed by atoms with E-state index < -0.39 is 0 Å². The SMILES string of the molecule is CC[C@H](O)CN1CCN(C(=O)c2ccc(C)c(F)c2)CC1. The van der Waals surface area contributed by atoms with Gasteiger partial charge in [0.25, 0.3) is 5.91 Å². The van der Waals surface area contributed by atoms with Crippen molar-refractivity contribution in [2.24, 2.45) is 0 Å². The number of aliphatic hydroxyl groups excluding tert-OH is 1. The summed E-state index contributed by atoms with van der Waals surface area (Å²) in [5.41, 5.74) is 0.949. The topological polar surface area (TPSA) is 43.8 Å². The lowest BCUT2D eigenvalue weighted by Gasteiger charge is -2.35. The zero-order valence-electron chi connectivity index (χ0n) is 12.7. The summed E-state index contributed by atoms with van der Waals surface area (Å²) < 4.78 is 13.5. The van der Waals surface area contributed by atoms with E-state index in [-0.39, 0.29) is 17.8 Å². The second-order valence-corrected chi connectivity index (χ2v) is 5.62. The van der Waals surface area contributed by atoms with Crippen LogP contribution in [0.1, 0.15) is 29.3 Å². The van der Waals surface area contributed by atoms with Crippen molar-refractivity contribution in [2.45, 2.75) is 26.4 Å². The number of rotatable bonds is 4. The molecule has 1 aliphatic heterocycles. The number of aryl methyl sites for hydroxylation is 1. The van der Waals surface area contributed by atoms with Crippen molar-refractivity contribution in [3.8, 4) is 0 Å². The largest absolute Gasteiger partial charge is 0.392 e. The molecule has 5 heteroatoms. The van der Waals surface area contributed by atoms with Gasteiger partial charge in [0.2, 0.25) is 0 Å². The van der Waals surface area contributed by atoms with E-state index in [0.717, 1.165) is 19.5 Å². The Hall–Kier alpha value is -1.46. The van der Waals surface area contributed by atoms with Crippen molar-refractivity contribution < 1.29 is 14.3 Å². The second-order valence-electron chi connectivity index (χ2n) is 5.62. The van der Waals surface area contributed by atoms with E-state index in [1.807, 2.05) is 6.92 Å². The molecule has 1 aromatic carbocycles. The minimum atomic E-state index is -0.342. The fraction of sp³-hybridized carbons (Fsp3) is 0.562. The van der Waals surface area contributed by atoms with Crippen molar-refractivity contribution in [2.75, 3.05) is 32.7 Å². The van der Waals surface area contributed by atoms with Gasteiger partial charge in [-0.15, -0.1) is 0 Å². The summed E-state index contributed by atoms with van der Waals surface area (Å²) in [4.78, 5) is 16.2. The average Bonchev–Trinajstić information content (AvgIpc) is 2.50. The summed E-state index contributed by atoms with van der Waals surface area (Å²) in [6.45, 7) is 7.01. The number of nitrogens with zero attached hydrogens (tertiary/aromatic N) is 2. The van der Waals surface area contributed by atoms with Crippen LogP contribution in [0, 0.1) is 12.7 Å². The summed E-state index contributed by atoms with van der Waals surface area (Å²) in [6, 6.07) is 4.62. The van der Waals surface area contributed by atoms with Crippen molar-refractivity contribution in [1.82, 2.24) is 9.80 Å². The maximum atomic E-state index is 13.5. The molecule has 1 fully saturated rings. The summed E-state index contributed by atoms with van der Waals surface area (Å²) >= 11 is 0. The Balaban J connectivity index is 1.92. The molecule has 1 heterocycles. The Morgan fingerprint density at radius 3 is 2.57 bits per heavy atom. The fourth-order valence-electron chi connectivity index (χ4n) is 2.47. The summed E-state index contributed by atoms with van der Waals surface area (Å²) in [6.07, 6.45) is 0.431. The number of carbonyl (C=O) groups excluding carboxylic acids is 1. The predicted octanol–water partition coefficient (Wildman–Crippen LogP) is 1.66. The van der Waals surface area contributed by atoms with E-state index in [1.165, 1.54) is 6.07 Å². The third-order valence-electron chi connectivity index (χ3n) is 4.02. The molecule has 1 N–H and O–H groups in total. The Morgan fingerprint density at radius 1 is 1.33 bits per heavy atom. The van der Waals surface area contributed by atoms with Crippen molar-refractivity contribution in [1.29, 1.82) is 0 Å². The van der Waals surface area contributed by atoms with Crippen molar-refractivity contribution >= 4 is 5.91 Å². The van der Waals surface area contributed by atoms with Gasteiger partial charge >= 0.3 is 0 Å². The second kappa shape index (κ2) is 7.00. The minimum absolute atomic E-state index is 0.121. The molecule has 116 valence electrons. The van der Waals surface area contributed by atoms with Crippen LogP contribution in [0.25, 0.3) is 0 Å². The molecule has 0 aliphatic carbocycles. The number of piperazine rings is 1. The van der Waals surface area contributed by atoms with Gasteiger partial charge in [-0.2, -0.15) is 0 Å². The van der Waals surface area contributed by atoms with Crippen LogP contribution in [0.15, 0.2) is 18.2 Å². The first kappa shape index (κ1) is 15.9. The lowest BCUT2D eigenvalue weighted by molar-refractivity contribution is 0.0523. The molecule has 0 radical (unpaired) electrons. The fourth-order valence-corrected chi connectivity index (χ4v) is 2.47. The molecule has 2 rings (SSSR count). The van der Waals surface area contributed by atoms with Gasteiger partial charge in [-0.25, -0.2) is 4.39 Å². The molecule has 0 aromatic heterocycles. The van der Waals surface area contributed by atoms with Crippen LogP contribution in [0.4, 0.5) is 4.39 Å². The maximum absolute atomic E-state index is 13.5. The van der Waals surface area contributed by atoms with Gasteiger partial charge in [0.15, 0.2) is 0 Å². The first-order valence-corrected chi connectivity index (χ1v) is 7.47. The molecule has 0 spiro atoms. The highest BCUT2D eigenvalue weighted by molar-refractivity contribution is 5.94. The summed E-state index contributed by atoms with van der Waals surface area (Å²) in [7, 11) is 0. The first-order valence-electron chi connectivity index (χ1n) is 7.47. The van der Waals surface area contributed by atoms with Crippen molar-refractivity contribution in [3.63, 3.8) is 0 Å². The zero-order valence-corrected chi connectivity index (χ0v) is 12.7. The number of amides is 1. The van der Waals surface area contributed by atoms with E-state index in [2.05, 4.69) is 4.90 Å². The quantitative estimate of drug-likeness (QED) is 0.918. The molecular formula is C16H23FN2O2. The Bertz CT molecular complexity index is 499. The van der Waals surface area contributed by atoms with Gasteiger partial charge in [-0.1, -0.05) is 13.0 Å². The van der Waals surface area contributed by atoms with Gasteiger partial charge in [-0.05, 0) is 31.0 Å². The first-order chi connectivity index (χ1) is 10.0. The number of carbonyl (C=O) groups is 1. The highest BCUT2D eigenvalue weighted by Gasteiger charge is 2.23. The number of β-amino-alcohol motifs (C(OH)–C–C–N with tert-alkyl or cyclic N) is 1. The number of benzene rings is 1. The van der Waals surface area contributed by atoms with Crippen LogP contribution in [-0.4, -0.2) is 59.6 Å². The standard InChI is InChI=1S/C16H23FN2O2/c1-3-14(20)11-18-6-8-19(9-7-18)16(21)13-5-4-12(2)15(17)10-13/h4-5,10,14,20H,3,6-9,11H2,1-2H3/t14-/m0/s1. The number of hydrogen-bond donors (Lipinski definition) is 1. The molecule has 1 amide bonds. The van der Waals surface area contributed by atoms with Crippen LogP contribution in [0.2, 0.25) is 0 Å². The van der Waals surface area contributed by atoms with E-state index in [9.17, 15) is 14.3 Å². The third-order valence-corrected chi connectivity index (χ3v) is 4.02. The molecule has 0 saturated carbocycles. The number of halogens is 1. The predicted molar refractivity (Wildman–Crippen MR) is 79.8 cm³/mol. The third kappa shape index (κ3) is 4.02. The van der Waals surface area contributed by atoms with Crippen molar-refractivity contribution in [3.05, 3.63) is 35.1 Å². The maximum Gasteiger partial charge on any atom is 0.254 e. The van der Waals surface area contributed by atoms with E-state index in [0.29, 0.717) is 30.8 Å². The van der Waals surface area contributed by atoms with Gasteiger partial charge in [0.05, 0.1) is 6.10 Å². The minimum Gasteiger partial charge on any atom is -0.392 e. The van der Waals surface area contributed by atoms with Gasteiger partial charge < -0.3 is 10.0 Å². The highest BCUT2D eigenvalue weighted by atomic mass is 19.1. The van der Waals surface area contributed by atoms with E-state index >= 15 is 0 Å².